The zero-order valence-corrected chi connectivity index (χ0v) is 19.1. The van der Waals surface area contributed by atoms with Crippen molar-refractivity contribution < 1.29 is 9.21 Å². The second-order valence-electron chi connectivity index (χ2n) is 7.47. The second-order valence-corrected chi connectivity index (χ2v) is 8.91. The van der Waals surface area contributed by atoms with Crippen LogP contribution in [-0.4, -0.2) is 10.5 Å². The SMILES string of the molecule is CC1=C(C(=O)Nc2ccccc2)C(c2ccc(Cl)cc2)n2c(s/c(=C\c3ccco3)c2=O)=N1. The van der Waals surface area contributed by atoms with Crippen LogP contribution in [0.4, 0.5) is 5.69 Å². The summed E-state index contributed by atoms with van der Waals surface area (Å²) in [4.78, 5) is 32.0. The maximum Gasteiger partial charge on any atom is 0.271 e. The van der Waals surface area contributed by atoms with E-state index in [0.29, 0.717) is 37.1 Å². The average Bonchev–Trinajstić information content (AvgIpc) is 3.42. The first-order valence-electron chi connectivity index (χ1n) is 10.2. The number of rotatable bonds is 4. The first-order chi connectivity index (χ1) is 16.0. The van der Waals surface area contributed by atoms with E-state index in [9.17, 15) is 9.59 Å². The molecule has 2 aromatic carbocycles. The maximum atomic E-state index is 13.5. The Morgan fingerprint density at radius 2 is 1.88 bits per heavy atom. The van der Waals surface area contributed by atoms with Gasteiger partial charge >= 0.3 is 0 Å². The Hall–Kier alpha value is -3.68. The Morgan fingerprint density at radius 1 is 1.12 bits per heavy atom. The molecule has 0 fully saturated rings. The Bertz CT molecular complexity index is 1530. The molecule has 0 saturated carbocycles. The number of nitrogens with one attached hydrogen (secondary N) is 1. The molecule has 1 unspecified atom stereocenters. The van der Waals surface area contributed by atoms with Gasteiger partial charge in [-0.2, -0.15) is 0 Å². The van der Waals surface area contributed by atoms with Crippen molar-refractivity contribution in [2.45, 2.75) is 13.0 Å². The minimum atomic E-state index is -0.652. The number of hydrogen-bond acceptors (Lipinski definition) is 5. The first kappa shape index (κ1) is 21.2. The molecule has 1 amide bonds. The van der Waals surface area contributed by atoms with Gasteiger partial charge in [0.05, 0.1) is 28.1 Å². The van der Waals surface area contributed by atoms with Gasteiger partial charge < -0.3 is 9.73 Å². The van der Waals surface area contributed by atoms with Crippen molar-refractivity contribution in [3.8, 4) is 0 Å². The zero-order valence-electron chi connectivity index (χ0n) is 17.5. The van der Waals surface area contributed by atoms with E-state index in [2.05, 4.69) is 10.3 Å². The average molecular weight is 476 g/mol. The minimum Gasteiger partial charge on any atom is -0.465 e. The van der Waals surface area contributed by atoms with Crippen LogP contribution < -0.4 is 20.2 Å². The van der Waals surface area contributed by atoms with Crippen LogP contribution in [0, 0.1) is 0 Å². The van der Waals surface area contributed by atoms with E-state index >= 15 is 0 Å². The van der Waals surface area contributed by atoms with Crippen LogP contribution in [0.1, 0.15) is 24.3 Å². The number of aromatic nitrogens is 1. The van der Waals surface area contributed by atoms with Crippen LogP contribution in [0.2, 0.25) is 5.02 Å². The maximum absolute atomic E-state index is 13.5. The fourth-order valence-electron chi connectivity index (χ4n) is 3.79. The first-order valence-corrected chi connectivity index (χ1v) is 11.4. The predicted molar refractivity (Wildman–Crippen MR) is 129 cm³/mol. The molecule has 1 aliphatic heterocycles. The Kier molecular flexibility index (Phi) is 5.58. The number of fused-ring (bicyclic) bond motifs is 1. The Morgan fingerprint density at radius 3 is 2.58 bits per heavy atom. The molecule has 0 aliphatic carbocycles. The van der Waals surface area contributed by atoms with E-state index in [0.717, 1.165) is 5.56 Å². The van der Waals surface area contributed by atoms with Crippen molar-refractivity contribution in [2.75, 3.05) is 5.32 Å². The van der Waals surface area contributed by atoms with Gasteiger partial charge in [0.2, 0.25) is 0 Å². The van der Waals surface area contributed by atoms with Gasteiger partial charge in [-0.25, -0.2) is 4.99 Å². The molecule has 0 radical (unpaired) electrons. The van der Waals surface area contributed by atoms with Crippen LogP contribution in [0.15, 0.2) is 98.5 Å². The molecule has 0 spiro atoms. The third-order valence-corrected chi connectivity index (χ3v) is 6.54. The molecule has 1 atom stereocenters. The summed E-state index contributed by atoms with van der Waals surface area (Å²) in [5.41, 5.74) is 2.13. The molecule has 5 rings (SSSR count). The second kappa shape index (κ2) is 8.69. The summed E-state index contributed by atoms with van der Waals surface area (Å²) in [5, 5.41) is 3.50. The van der Waals surface area contributed by atoms with E-state index in [-0.39, 0.29) is 11.5 Å². The molecule has 1 aliphatic rings. The highest BCUT2D eigenvalue weighted by molar-refractivity contribution is 7.07. The van der Waals surface area contributed by atoms with Crippen LogP contribution in [0.5, 0.6) is 0 Å². The number of benzene rings is 2. The number of halogens is 1. The largest absolute Gasteiger partial charge is 0.465 e. The van der Waals surface area contributed by atoms with Gasteiger partial charge in [0.1, 0.15) is 5.76 Å². The van der Waals surface area contributed by atoms with Crippen LogP contribution >= 0.6 is 22.9 Å². The van der Waals surface area contributed by atoms with Crippen molar-refractivity contribution in [1.29, 1.82) is 0 Å². The van der Waals surface area contributed by atoms with Crippen molar-refractivity contribution in [2.24, 2.45) is 4.99 Å². The van der Waals surface area contributed by atoms with Crippen LogP contribution in [-0.2, 0) is 4.79 Å². The van der Waals surface area contributed by atoms with Gasteiger partial charge in [-0.1, -0.05) is 53.3 Å². The Balaban J connectivity index is 1.68. The third-order valence-electron chi connectivity index (χ3n) is 5.30. The van der Waals surface area contributed by atoms with Crippen molar-refractivity contribution >= 4 is 40.6 Å². The van der Waals surface area contributed by atoms with E-state index in [1.54, 1.807) is 48.1 Å². The van der Waals surface area contributed by atoms with Crippen molar-refractivity contribution in [1.82, 2.24) is 4.57 Å². The number of allylic oxidation sites excluding steroid dienone is 1. The quantitative estimate of drug-likeness (QED) is 0.482. The molecular formula is C25H18ClN3O3S. The van der Waals surface area contributed by atoms with Gasteiger partial charge in [0.25, 0.3) is 11.5 Å². The summed E-state index contributed by atoms with van der Waals surface area (Å²) in [5.74, 6) is 0.253. The lowest BCUT2D eigenvalue weighted by Crippen LogP contribution is -2.40. The van der Waals surface area contributed by atoms with Gasteiger partial charge in [0, 0.05) is 16.8 Å². The van der Waals surface area contributed by atoms with E-state index < -0.39 is 6.04 Å². The van der Waals surface area contributed by atoms with Gasteiger partial charge in [-0.05, 0) is 48.9 Å². The molecule has 8 heteroatoms. The third kappa shape index (κ3) is 4.08. The fraction of sp³-hybridized carbons (Fsp3) is 0.0800. The van der Waals surface area contributed by atoms with E-state index in [1.807, 2.05) is 42.5 Å². The monoisotopic (exact) mass is 475 g/mol. The predicted octanol–water partition coefficient (Wildman–Crippen LogP) is 4.12. The highest BCUT2D eigenvalue weighted by atomic mass is 35.5. The molecule has 1 N–H and O–H groups in total. The topological polar surface area (TPSA) is 76.6 Å². The summed E-state index contributed by atoms with van der Waals surface area (Å²) in [6.45, 7) is 1.78. The molecule has 2 aromatic heterocycles. The lowest BCUT2D eigenvalue weighted by Gasteiger charge is -2.25. The number of amides is 1. The Labute approximate surface area is 197 Å². The smallest absolute Gasteiger partial charge is 0.271 e. The molecule has 33 heavy (non-hydrogen) atoms. The molecule has 4 aromatic rings. The van der Waals surface area contributed by atoms with E-state index in [4.69, 9.17) is 16.0 Å². The van der Waals surface area contributed by atoms with Crippen molar-refractivity contribution in [3.63, 3.8) is 0 Å². The summed E-state index contributed by atoms with van der Waals surface area (Å²) in [6.07, 6.45) is 3.24. The highest BCUT2D eigenvalue weighted by Crippen LogP contribution is 2.31. The lowest BCUT2D eigenvalue weighted by molar-refractivity contribution is -0.113. The zero-order chi connectivity index (χ0) is 22.9. The van der Waals surface area contributed by atoms with E-state index in [1.165, 1.54) is 11.3 Å². The summed E-state index contributed by atoms with van der Waals surface area (Å²) in [6, 6.07) is 19.2. The molecule has 6 nitrogen and oxygen atoms in total. The number of para-hydroxylation sites is 1. The van der Waals surface area contributed by atoms with Crippen LogP contribution in [0.3, 0.4) is 0 Å². The molecule has 0 saturated heterocycles. The fourth-order valence-corrected chi connectivity index (χ4v) is 4.95. The molecular weight excluding hydrogens is 458 g/mol. The summed E-state index contributed by atoms with van der Waals surface area (Å²) >= 11 is 7.37. The van der Waals surface area contributed by atoms with Gasteiger partial charge in [0.15, 0.2) is 4.80 Å². The molecule has 164 valence electrons. The molecule has 3 heterocycles. The molecule has 0 bridgehead atoms. The number of furan rings is 1. The lowest BCUT2D eigenvalue weighted by atomic mass is 9.95. The number of anilines is 1. The van der Waals surface area contributed by atoms with Crippen LogP contribution in [0.25, 0.3) is 6.08 Å². The van der Waals surface area contributed by atoms with Crippen molar-refractivity contribution in [3.05, 3.63) is 120 Å². The number of carbonyl (C=O) groups is 1. The number of carbonyl (C=O) groups excluding carboxylic acids is 1. The summed E-state index contributed by atoms with van der Waals surface area (Å²) in [7, 11) is 0. The van der Waals surface area contributed by atoms with Gasteiger partial charge in [-0.3, -0.25) is 14.2 Å². The number of hydrogen-bond donors (Lipinski definition) is 1. The normalized spacial score (nSPS) is 15.8. The minimum absolute atomic E-state index is 0.243. The number of thiazole rings is 1. The van der Waals surface area contributed by atoms with Gasteiger partial charge in [-0.15, -0.1) is 0 Å². The summed E-state index contributed by atoms with van der Waals surface area (Å²) < 4.78 is 7.42. The number of nitrogens with zero attached hydrogens (tertiary/aromatic N) is 2. The highest BCUT2D eigenvalue weighted by Gasteiger charge is 2.32. The standard InChI is InChI=1S/C25H18ClN3O3S/c1-15-21(23(30)28-18-6-3-2-4-7-18)22(16-9-11-17(26)12-10-16)29-24(31)20(33-25(29)27-15)14-19-8-5-13-32-19/h2-14,22H,1H3,(H,28,30)/b20-14-.